The number of fused-ring (bicyclic) bond motifs is 1. The Hall–Kier alpha value is -2.57. The average Bonchev–Trinajstić information content (AvgIpc) is 2.65. The number of piperidine rings is 1. The third-order valence-electron chi connectivity index (χ3n) is 5.17. The molecule has 0 aromatic heterocycles. The Morgan fingerprint density at radius 2 is 1.85 bits per heavy atom. The molecule has 1 fully saturated rings. The molecule has 1 N–H and O–H groups in total. The Morgan fingerprint density at radius 1 is 1.15 bits per heavy atom. The van der Waals surface area contributed by atoms with Gasteiger partial charge in [0.2, 0.25) is 11.8 Å². The normalized spacial score (nSPS) is 17.5. The maximum absolute atomic E-state index is 12.4. The molecule has 0 saturated carbocycles. The van der Waals surface area contributed by atoms with Gasteiger partial charge in [-0.1, -0.05) is 18.2 Å². The minimum Gasteiger partial charge on any atom is -0.349 e. The number of benzene rings is 1. The molecule has 1 saturated heterocycles. The van der Waals surface area contributed by atoms with Gasteiger partial charge in [-0.25, -0.2) is 4.79 Å². The standard InChI is InChI=1S/C19H26N4O3/c1-21(2)17(24)7-8-18(25)22-11-9-15(10-12-22)23-13-14-5-3-4-6-16(14)20-19(23)26/h3-6,15H,7-13H2,1-2H3,(H,20,26). The molecule has 7 heteroatoms. The lowest BCUT2D eigenvalue weighted by Crippen LogP contribution is -2.51. The third kappa shape index (κ3) is 3.98. The largest absolute Gasteiger partial charge is 0.349 e. The maximum atomic E-state index is 12.4. The van der Waals surface area contributed by atoms with E-state index in [-0.39, 0.29) is 36.7 Å². The quantitative estimate of drug-likeness (QED) is 0.893. The van der Waals surface area contributed by atoms with Crippen molar-refractivity contribution < 1.29 is 14.4 Å². The van der Waals surface area contributed by atoms with Crippen LogP contribution in [0.3, 0.4) is 0 Å². The van der Waals surface area contributed by atoms with Crippen LogP contribution < -0.4 is 5.32 Å². The van der Waals surface area contributed by atoms with Gasteiger partial charge in [-0.05, 0) is 24.5 Å². The van der Waals surface area contributed by atoms with E-state index in [1.807, 2.05) is 34.1 Å². The minimum absolute atomic E-state index is 0.0205. The molecule has 0 unspecified atom stereocenters. The third-order valence-corrected chi connectivity index (χ3v) is 5.17. The molecule has 1 aromatic carbocycles. The Balaban J connectivity index is 1.52. The fourth-order valence-corrected chi connectivity index (χ4v) is 3.54. The number of nitrogens with one attached hydrogen (secondary N) is 1. The molecule has 2 aliphatic rings. The first-order chi connectivity index (χ1) is 12.5. The van der Waals surface area contributed by atoms with Crippen molar-refractivity contribution in [3.8, 4) is 0 Å². The molecule has 0 atom stereocenters. The molecular weight excluding hydrogens is 332 g/mol. The van der Waals surface area contributed by atoms with Gasteiger partial charge in [0.1, 0.15) is 0 Å². The highest BCUT2D eigenvalue weighted by molar-refractivity contribution is 5.92. The van der Waals surface area contributed by atoms with Crippen molar-refractivity contribution in [3.63, 3.8) is 0 Å². The lowest BCUT2D eigenvalue weighted by atomic mass is 10.0. The molecular formula is C19H26N4O3. The van der Waals surface area contributed by atoms with Crippen LogP contribution in [-0.4, -0.2) is 65.8 Å². The van der Waals surface area contributed by atoms with Crippen LogP contribution >= 0.6 is 0 Å². The van der Waals surface area contributed by atoms with Crippen LogP contribution in [0.5, 0.6) is 0 Å². The van der Waals surface area contributed by atoms with E-state index in [9.17, 15) is 14.4 Å². The summed E-state index contributed by atoms with van der Waals surface area (Å²) < 4.78 is 0. The fourth-order valence-electron chi connectivity index (χ4n) is 3.54. The monoisotopic (exact) mass is 358 g/mol. The van der Waals surface area contributed by atoms with E-state index in [0.717, 1.165) is 24.1 Å². The summed E-state index contributed by atoms with van der Waals surface area (Å²) in [6.07, 6.45) is 2.03. The van der Waals surface area contributed by atoms with Crippen LogP contribution in [0, 0.1) is 0 Å². The molecule has 4 amide bonds. The number of carbonyl (C=O) groups excluding carboxylic acids is 3. The number of hydrogen-bond acceptors (Lipinski definition) is 3. The highest BCUT2D eigenvalue weighted by Crippen LogP contribution is 2.27. The molecule has 3 rings (SSSR count). The van der Waals surface area contributed by atoms with E-state index in [0.29, 0.717) is 19.6 Å². The summed E-state index contributed by atoms with van der Waals surface area (Å²) in [6.45, 7) is 1.87. The van der Waals surface area contributed by atoms with Crippen molar-refractivity contribution >= 4 is 23.5 Å². The SMILES string of the molecule is CN(C)C(=O)CCC(=O)N1CCC(N2Cc3ccccc3NC2=O)CC1. The molecule has 2 aliphatic heterocycles. The summed E-state index contributed by atoms with van der Waals surface area (Å²) in [6, 6.07) is 7.91. The zero-order valence-corrected chi connectivity index (χ0v) is 15.4. The predicted molar refractivity (Wildman–Crippen MR) is 98.5 cm³/mol. The lowest BCUT2D eigenvalue weighted by Gasteiger charge is -2.40. The Labute approximate surface area is 153 Å². The number of rotatable bonds is 4. The Morgan fingerprint density at radius 3 is 2.54 bits per heavy atom. The van der Waals surface area contributed by atoms with Gasteiger partial charge in [0.25, 0.3) is 0 Å². The summed E-state index contributed by atoms with van der Waals surface area (Å²) in [4.78, 5) is 41.5. The van der Waals surface area contributed by atoms with Crippen molar-refractivity contribution in [1.82, 2.24) is 14.7 Å². The fraction of sp³-hybridized carbons (Fsp3) is 0.526. The Kier molecular flexibility index (Phi) is 5.44. The van der Waals surface area contributed by atoms with Gasteiger partial charge in [0.15, 0.2) is 0 Å². The van der Waals surface area contributed by atoms with Gasteiger partial charge in [-0.2, -0.15) is 0 Å². The van der Waals surface area contributed by atoms with E-state index < -0.39 is 0 Å². The summed E-state index contributed by atoms with van der Waals surface area (Å²) in [5, 5.41) is 2.95. The molecule has 7 nitrogen and oxygen atoms in total. The van der Waals surface area contributed by atoms with Gasteiger partial charge in [-0.15, -0.1) is 0 Å². The van der Waals surface area contributed by atoms with Gasteiger partial charge >= 0.3 is 6.03 Å². The maximum Gasteiger partial charge on any atom is 0.322 e. The van der Waals surface area contributed by atoms with E-state index in [1.165, 1.54) is 4.90 Å². The van der Waals surface area contributed by atoms with Crippen LogP contribution in [0.2, 0.25) is 0 Å². The number of urea groups is 1. The van der Waals surface area contributed by atoms with E-state index in [2.05, 4.69) is 5.32 Å². The van der Waals surface area contributed by atoms with Crippen LogP contribution in [0.15, 0.2) is 24.3 Å². The first kappa shape index (κ1) is 18.2. The number of amides is 4. The number of carbonyl (C=O) groups is 3. The second kappa shape index (κ2) is 7.76. The minimum atomic E-state index is -0.0648. The summed E-state index contributed by atoms with van der Waals surface area (Å²) in [5.41, 5.74) is 2.00. The molecule has 0 radical (unpaired) electrons. The highest BCUT2D eigenvalue weighted by Gasteiger charge is 2.32. The van der Waals surface area contributed by atoms with Crippen LogP contribution in [-0.2, 0) is 16.1 Å². The molecule has 1 aromatic rings. The number of para-hydroxylation sites is 1. The summed E-state index contributed by atoms with van der Waals surface area (Å²) >= 11 is 0. The van der Waals surface area contributed by atoms with E-state index in [1.54, 1.807) is 14.1 Å². The first-order valence-corrected chi connectivity index (χ1v) is 9.09. The zero-order chi connectivity index (χ0) is 18.7. The van der Waals surface area contributed by atoms with Crippen molar-refractivity contribution in [2.45, 2.75) is 38.3 Å². The lowest BCUT2D eigenvalue weighted by molar-refractivity contribution is -0.136. The molecule has 0 spiro atoms. The number of nitrogens with zero attached hydrogens (tertiary/aromatic N) is 3. The molecule has 140 valence electrons. The van der Waals surface area contributed by atoms with Crippen molar-refractivity contribution in [1.29, 1.82) is 0 Å². The van der Waals surface area contributed by atoms with Crippen molar-refractivity contribution in [3.05, 3.63) is 29.8 Å². The topological polar surface area (TPSA) is 73.0 Å². The zero-order valence-electron chi connectivity index (χ0n) is 15.4. The van der Waals surface area contributed by atoms with Gasteiger partial charge in [-0.3, -0.25) is 9.59 Å². The number of likely N-dealkylation sites (tertiary alicyclic amines) is 1. The molecule has 0 bridgehead atoms. The van der Waals surface area contributed by atoms with Crippen LogP contribution in [0.4, 0.5) is 10.5 Å². The van der Waals surface area contributed by atoms with Crippen molar-refractivity contribution in [2.24, 2.45) is 0 Å². The van der Waals surface area contributed by atoms with E-state index >= 15 is 0 Å². The smallest absolute Gasteiger partial charge is 0.322 e. The Bertz CT molecular complexity index is 696. The molecule has 26 heavy (non-hydrogen) atoms. The van der Waals surface area contributed by atoms with Crippen LogP contribution in [0.25, 0.3) is 0 Å². The van der Waals surface area contributed by atoms with Crippen LogP contribution in [0.1, 0.15) is 31.2 Å². The van der Waals surface area contributed by atoms with Crippen molar-refractivity contribution in [2.75, 3.05) is 32.5 Å². The second-order valence-corrected chi connectivity index (χ2v) is 7.12. The summed E-state index contributed by atoms with van der Waals surface area (Å²) in [5.74, 6) is -0.0102. The average molecular weight is 358 g/mol. The number of anilines is 1. The second-order valence-electron chi connectivity index (χ2n) is 7.12. The van der Waals surface area contributed by atoms with Gasteiger partial charge < -0.3 is 20.0 Å². The van der Waals surface area contributed by atoms with E-state index in [4.69, 9.17) is 0 Å². The summed E-state index contributed by atoms with van der Waals surface area (Å²) in [7, 11) is 3.39. The molecule has 2 heterocycles. The number of hydrogen-bond donors (Lipinski definition) is 1. The predicted octanol–water partition coefficient (Wildman–Crippen LogP) is 1.89. The first-order valence-electron chi connectivity index (χ1n) is 9.09. The molecule has 0 aliphatic carbocycles. The van der Waals surface area contributed by atoms with Gasteiger partial charge in [0, 0.05) is 58.3 Å². The highest BCUT2D eigenvalue weighted by atomic mass is 16.2. The van der Waals surface area contributed by atoms with Gasteiger partial charge in [0.05, 0.1) is 0 Å².